The maximum atomic E-state index is 13.6. The minimum Gasteiger partial charge on any atom is -0.462 e. The highest BCUT2D eigenvalue weighted by Crippen LogP contribution is 2.34. The van der Waals surface area contributed by atoms with Crippen molar-refractivity contribution in [3.05, 3.63) is 59.1 Å². The number of esters is 1. The van der Waals surface area contributed by atoms with Crippen LogP contribution in [0.1, 0.15) is 33.9 Å². The predicted octanol–water partition coefficient (Wildman–Crippen LogP) is 3.89. The number of thiophene rings is 1. The molecule has 0 radical (unpaired) electrons. The second-order valence-electron chi connectivity index (χ2n) is 8.81. The van der Waals surface area contributed by atoms with Gasteiger partial charge >= 0.3 is 5.97 Å². The molecular weight excluding hydrogens is 593 g/mol. The van der Waals surface area contributed by atoms with Crippen molar-refractivity contribution in [3.63, 3.8) is 0 Å². The fraction of sp³-hybridized carbons (Fsp3) is 0.320. The molecule has 4 heterocycles. The largest absolute Gasteiger partial charge is 0.462 e. The van der Waals surface area contributed by atoms with Gasteiger partial charge < -0.3 is 9.64 Å². The van der Waals surface area contributed by atoms with Gasteiger partial charge in [0.25, 0.3) is 15.9 Å². The smallest absolute Gasteiger partial charge is 0.352 e. The minimum absolute atomic E-state index is 0.109. The number of carbonyl (C=O) groups excluding carboxylic acids is 2. The molecule has 0 spiro atoms. The molecule has 210 valence electrons. The Kier molecular flexibility index (Phi) is 8.37. The summed E-state index contributed by atoms with van der Waals surface area (Å²) in [5.41, 5.74) is 1.03. The van der Waals surface area contributed by atoms with Crippen molar-refractivity contribution in [3.8, 4) is 16.4 Å². The van der Waals surface area contributed by atoms with Crippen molar-refractivity contribution in [2.75, 3.05) is 32.5 Å². The van der Waals surface area contributed by atoms with E-state index < -0.39 is 22.0 Å². The number of nitrogens with zero attached hydrogens (tertiary/aromatic N) is 6. The van der Waals surface area contributed by atoms with E-state index in [2.05, 4.69) is 15.3 Å². The number of benzene rings is 1. The second kappa shape index (κ2) is 11.8. The molecule has 1 atom stereocenters. The van der Waals surface area contributed by atoms with E-state index in [4.69, 9.17) is 4.74 Å². The van der Waals surface area contributed by atoms with E-state index in [1.54, 1.807) is 49.2 Å². The molecule has 15 heteroatoms. The molecule has 4 aromatic rings. The van der Waals surface area contributed by atoms with Gasteiger partial charge in [0.2, 0.25) is 0 Å². The number of thioether (sulfide) groups is 1. The number of amides is 1. The van der Waals surface area contributed by atoms with Crippen molar-refractivity contribution in [2.45, 2.75) is 28.4 Å². The molecular formula is C25H26N6O5S4. The maximum absolute atomic E-state index is 13.6. The number of hydrogen-bond acceptors (Lipinski definition) is 11. The Balaban J connectivity index is 1.33. The Bertz CT molecular complexity index is 1630. The average molecular weight is 619 g/mol. The molecule has 1 amide bonds. The van der Waals surface area contributed by atoms with Crippen LogP contribution in [0.3, 0.4) is 0 Å². The summed E-state index contributed by atoms with van der Waals surface area (Å²) < 4.78 is 36.0. The summed E-state index contributed by atoms with van der Waals surface area (Å²) in [5, 5.41) is 8.34. The fourth-order valence-electron chi connectivity index (χ4n) is 4.30. The molecule has 1 aliphatic heterocycles. The van der Waals surface area contributed by atoms with Gasteiger partial charge in [-0.25, -0.2) is 18.2 Å². The van der Waals surface area contributed by atoms with Gasteiger partial charge in [-0.05, 0) is 44.4 Å². The molecule has 1 unspecified atom stereocenters. The van der Waals surface area contributed by atoms with Gasteiger partial charge in [0.05, 0.1) is 17.7 Å². The standard InChI is InChI=1S/C25H26N6O5S4/c1-4-36-24(33)21-22(26-25(37-3)39-21)30-15-18(27-28-30)19-10-11-20(38-19)40(34,35)31-13-12-29(14-16(31)2)23(32)17-8-6-5-7-9-17/h5-11,15-16H,4,12-14H2,1-3H3. The number of sulfonamides is 1. The third-order valence-electron chi connectivity index (χ3n) is 6.21. The third-order valence-corrected chi connectivity index (χ3v) is 11.8. The minimum atomic E-state index is -3.80. The van der Waals surface area contributed by atoms with Crippen molar-refractivity contribution in [1.29, 1.82) is 0 Å². The number of aromatic nitrogens is 4. The van der Waals surface area contributed by atoms with Gasteiger partial charge in [0.1, 0.15) is 9.90 Å². The van der Waals surface area contributed by atoms with E-state index in [1.807, 2.05) is 24.5 Å². The van der Waals surface area contributed by atoms with E-state index in [-0.39, 0.29) is 23.3 Å². The van der Waals surface area contributed by atoms with Crippen LogP contribution < -0.4 is 0 Å². The van der Waals surface area contributed by atoms with Gasteiger partial charge in [0, 0.05) is 31.2 Å². The van der Waals surface area contributed by atoms with E-state index in [1.165, 1.54) is 32.1 Å². The fourth-order valence-corrected chi connectivity index (χ4v) is 8.74. The van der Waals surface area contributed by atoms with Crippen LogP contribution in [0, 0.1) is 0 Å². The average Bonchev–Trinajstić information content (AvgIpc) is 3.72. The lowest BCUT2D eigenvalue weighted by Gasteiger charge is -2.38. The Morgan fingerprint density at radius 1 is 1.12 bits per heavy atom. The first-order chi connectivity index (χ1) is 19.2. The van der Waals surface area contributed by atoms with Gasteiger partial charge in [-0.3, -0.25) is 4.79 Å². The Morgan fingerprint density at radius 2 is 1.90 bits per heavy atom. The van der Waals surface area contributed by atoms with E-state index in [0.717, 1.165) is 11.3 Å². The Labute approximate surface area is 243 Å². The zero-order chi connectivity index (χ0) is 28.4. The summed E-state index contributed by atoms with van der Waals surface area (Å²) in [5.74, 6) is -0.286. The highest BCUT2D eigenvalue weighted by atomic mass is 32.2. The normalized spacial score (nSPS) is 16.3. The van der Waals surface area contributed by atoms with Gasteiger partial charge in [-0.1, -0.05) is 46.5 Å². The zero-order valence-corrected chi connectivity index (χ0v) is 25.1. The highest BCUT2D eigenvalue weighted by Gasteiger charge is 2.36. The van der Waals surface area contributed by atoms with Crippen molar-refractivity contribution in [2.24, 2.45) is 0 Å². The third kappa shape index (κ3) is 5.56. The van der Waals surface area contributed by atoms with Crippen LogP contribution in [0.5, 0.6) is 0 Å². The first-order valence-electron chi connectivity index (χ1n) is 12.3. The molecule has 1 saturated heterocycles. The number of rotatable bonds is 8. The molecule has 5 rings (SSSR count). The Hall–Kier alpha value is -3.11. The number of piperazine rings is 1. The first-order valence-corrected chi connectivity index (χ1v) is 16.6. The lowest BCUT2D eigenvalue weighted by Crippen LogP contribution is -2.55. The molecule has 0 N–H and O–H groups in total. The summed E-state index contributed by atoms with van der Waals surface area (Å²) in [6.45, 7) is 4.57. The summed E-state index contributed by atoms with van der Waals surface area (Å²) >= 11 is 3.71. The van der Waals surface area contributed by atoms with E-state index in [0.29, 0.717) is 44.3 Å². The van der Waals surface area contributed by atoms with E-state index >= 15 is 0 Å². The van der Waals surface area contributed by atoms with Crippen LogP contribution in [0.15, 0.2) is 57.2 Å². The molecule has 0 aliphatic carbocycles. The number of carbonyl (C=O) groups is 2. The molecule has 11 nitrogen and oxygen atoms in total. The molecule has 1 aromatic carbocycles. The monoisotopic (exact) mass is 618 g/mol. The van der Waals surface area contributed by atoms with Crippen LogP contribution in [-0.4, -0.2) is 88.0 Å². The molecule has 3 aromatic heterocycles. The molecule has 0 bridgehead atoms. The van der Waals surface area contributed by atoms with Crippen molar-refractivity contribution in [1.82, 2.24) is 29.2 Å². The van der Waals surface area contributed by atoms with Crippen LogP contribution in [-0.2, 0) is 14.8 Å². The molecule has 40 heavy (non-hydrogen) atoms. The number of hydrogen-bond donors (Lipinski definition) is 0. The van der Waals surface area contributed by atoms with Crippen LogP contribution in [0.25, 0.3) is 16.4 Å². The van der Waals surface area contributed by atoms with Crippen molar-refractivity contribution >= 4 is 56.3 Å². The quantitative estimate of drug-likeness (QED) is 0.213. The molecule has 0 saturated carbocycles. The highest BCUT2D eigenvalue weighted by molar-refractivity contribution is 8.00. The summed E-state index contributed by atoms with van der Waals surface area (Å²) in [6.07, 6.45) is 3.47. The topological polar surface area (TPSA) is 128 Å². The lowest BCUT2D eigenvalue weighted by atomic mass is 10.1. The Morgan fingerprint density at radius 3 is 2.60 bits per heavy atom. The van der Waals surface area contributed by atoms with E-state index in [9.17, 15) is 18.0 Å². The number of thiazole rings is 1. The first kappa shape index (κ1) is 28.4. The zero-order valence-electron chi connectivity index (χ0n) is 21.9. The van der Waals surface area contributed by atoms with Crippen LogP contribution >= 0.6 is 34.4 Å². The summed E-state index contributed by atoms with van der Waals surface area (Å²) in [6, 6.07) is 11.8. The van der Waals surface area contributed by atoms with Crippen LogP contribution in [0.2, 0.25) is 0 Å². The SMILES string of the molecule is CCOC(=O)c1sc(SC)nc1-n1cc(-c2ccc(S(=O)(=O)N3CCN(C(=O)c4ccccc4)CC3C)s2)nn1. The summed E-state index contributed by atoms with van der Waals surface area (Å²) in [7, 11) is -3.80. The predicted molar refractivity (Wildman–Crippen MR) is 154 cm³/mol. The second-order valence-corrected chi connectivity index (χ2v) is 14.1. The van der Waals surface area contributed by atoms with Crippen LogP contribution in [0.4, 0.5) is 0 Å². The summed E-state index contributed by atoms with van der Waals surface area (Å²) in [4.78, 5) is 32.4. The van der Waals surface area contributed by atoms with Gasteiger partial charge in [-0.15, -0.1) is 16.4 Å². The number of ether oxygens (including phenoxy) is 1. The molecule has 1 fully saturated rings. The van der Waals surface area contributed by atoms with Gasteiger partial charge in [0.15, 0.2) is 15.0 Å². The lowest BCUT2D eigenvalue weighted by molar-refractivity contribution is 0.0531. The van der Waals surface area contributed by atoms with Gasteiger partial charge in [-0.2, -0.15) is 8.99 Å². The molecule has 1 aliphatic rings. The maximum Gasteiger partial charge on any atom is 0.352 e. The van der Waals surface area contributed by atoms with Crippen molar-refractivity contribution < 1.29 is 22.7 Å².